The van der Waals surface area contributed by atoms with Gasteiger partial charge in [0.25, 0.3) is 0 Å². The van der Waals surface area contributed by atoms with Crippen molar-refractivity contribution in [1.82, 2.24) is 0 Å². The van der Waals surface area contributed by atoms with Crippen molar-refractivity contribution >= 4 is 22.2 Å². The fourth-order valence-corrected chi connectivity index (χ4v) is 1.98. The molecule has 0 saturated heterocycles. The van der Waals surface area contributed by atoms with Gasteiger partial charge in [-0.25, -0.2) is 8.42 Å². The second kappa shape index (κ2) is 9.00. The molecule has 0 unspecified atom stereocenters. The van der Waals surface area contributed by atoms with Crippen LogP contribution in [-0.2, 0) is 19.5 Å². The van der Waals surface area contributed by atoms with Crippen molar-refractivity contribution in [1.29, 1.82) is 0 Å². The number of hydrogen-bond donors (Lipinski definition) is 2. The Hall–Kier alpha value is 0.960. The Morgan fingerprint density at radius 3 is 2.22 bits per heavy atom. The first-order valence-corrected chi connectivity index (χ1v) is 5.66. The monoisotopic (exact) mass is 314 g/mol. The number of aromatic hydroxyl groups is 2. The number of rotatable bonds is 4. The van der Waals surface area contributed by atoms with Gasteiger partial charge in [0.2, 0.25) is 0 Å². The molecule has 1 rings (SSSR count). The van der Waals surface area contributed by atoms with E-state index in [1.807, 2.05) is 0 Å². The molecule has 0 amide bonds. The van der Waals surface area contributed by atoms with E-state index >= 15 is 0 Å². The molecule has 0 spiro atoms. The Bertz CT molecular complexity index is 491. The fourth-order valence-electron chi connectivity index (χ4n) is 0.860. The van der Waals surface area contributed by atoms with Crippen molar-refractivity contribution < 1.29 is 96.9 Å². The van der Waals surface area contributed by atoms with E-state index in [2.05, 4.69) is 9.37 Å². The molecule has 0 heterocycles. The van der Waals surface area contributed by atoms with Gasteiger partial charge in [-0.3, -0.25) is 5.04 Å². The fraction of sp³-hybridized carbons (Fsp3) is 0. The molecule has 0 bridgehead atoms. The predicted octanol–water partition coefficient (Wildman–Crippen LogP) is -6.76. The van der Waals surface area contributed by atoms with Crippen LogP contribution in [0.25, 0.3) is 0 Å². The first-order chi connectivity index (χ1) is 7.36. The van der Waals surface area contributed by atoms with E-state index in [0.29, 0.717) is 0 Å². The van der Waals surface area contributed by atoms with Gasteiger partial charge < -0.3 is 20.0 Å². The largest absolute Gasteiger partial charge is 1.00 e. The number of phenols is 2. The van der Waals surface area contributed by atoms with Crippen LogP contribution in [0, 0.1) is 0 Å². The number of phenolic OH excluding ortho intramolecular Hbond substituents is 2. The molecule has 0 aliphatic carbocycles. The van der Waals surface area contributed by atoms with Gasteiger partial charge in [0.05, 0.1) is 12.0 Å². The Balaban J connectivity index is 0. The van der Waals surface area contributed by atoms with Crippen molar-refractivity contribution in [2.45, 2.75) is 9.79 Å². The Morgan fingerprint density at radius 2 is 1.78 bits per heavy atom. The van der Waals surface area contributed by atoms with Gasteiger partial charge in [0.1, 0.15) is 15.0 Å². The maximum Gasteiger partial charge on any atom is 1.00 e. The molecule has 2 N–H and O–H groups in total. The first-order valence-electron chi connectivity index (χ1n) is 3.51. The van der Waals surface area contributed by atoms with Crippen molar-refractivity contribution in [2.24, 2.45) is 0 Å². The van der Waals surface area contributed by atoms with Crippen LogP contribution >= 0.6 is 12.0 Å². The molecule has 8 nitrogen and oxygen atoms in total. The zero-order valence-electron chi connectivity index (χ0n) is 9.32. The number of benzene rings is 1. The summed E-state index contributed by atoms with van der Waals surface area (Å²) in [6.07, 6.45) is 0. The van der Waals surface area contributed by atoms with Crippen LogP contribution in [-0.4, -0.2) is 23.2 Å². The standard InChI is InChI=1S/C6H6O8S2.2Na/c7-4-1-3(15-14-13-9)2-5(6(4)8)16(10,11)12;;/h1-2,7-9H,(H,10,11,12);;/q;2*+1/p-2. The van der Waals surface area contributed by atoms with Crippen molar-refractivity contribution in [3.8, 4) is 11.5 Å². The van der Waals surface area contributed by atoms with Crippen LogP contribution in [0.3, 0.4) is 0 Å². The molecule has 0 atom stereocenters. The van der Waals surface area contributed by atoms with Gasteiger partial charge in [-0.2, -0.15) is 4.33 Å². The maximum absolute atomic E-state index is 10.7. The van der Waals surface area contributed by atoms with E-state index in [-0.39, 0.29) is 76.1 Å². The summed E-state index contributed by atoms with van der Waals surface area (Å²) in [4.78, 5) is -1.13. The molecule has 1 aromatic rings. The van der Waals surface area contributed by atoms with Crippen LogP contribution in [0.5, 0.6) is 11.5 Å². The van der Waals surface area contributed by atoms with Gasteiger partial charge in [-0.15, -0.1) is 0 Å². The van der Waals surface area contributed by atoms with E-state index in [1.165, 1.54) is 0 Å². The molecular weight excluding hydrogens is 310 g/mol. The van der Waals surface area contributed by atoms with Gasteiger partial charge in [0.15, 0.2) is 11.5 Å². The Morgan fingerprint density at radius 1 is 1.22 bits per heavy atom. The molecule has 90 valence electrons. The molecule has 0 fully saturated rings. The molecule has 0 radical (unpaired) electrons. The van der Waals surface area contributed by atoms with Gasteiger partial charge in [-0.05, 0) is 12.1 Å². The summed E-state index contributed by atoms with van der Waals surface area (Å²) in [5.41, 5.74) is 0. The summed E-state index contributed by atoms with van der Waals surface area (Å²) in [5.74, 6) is -1.91. The first kappa shape index (κ1) is 21.3. The predicted molar refractivity (Wildman–Crippen MR) is 45.8 cm³/mol. The molecule has 18 heavy (non-hydrogen) atoms. The summed E-state index contributed by atoms with van der Waals surface area (Å²) in [6, 6.07) is 1.61. The topological polar surface area (TPSA) is 139 Å². The summed E-state index contributed by atoms with van der Waals surface area (Å²) in [6.45, 7) is 0. The summed E-state index contributed by atoms with van der Waals surface area (Å²) in [7, 11) is -4.95. The maximum atomic E-state index is 10.7. The van der Waals surface area contributed by atoms with Crippen molar-refractivity contribution in [2.75, 3.05) is 0 Å². The second-order valence-corrected chi connectivity index (χ2v) is 4.58. The quantitative estimate of drug-likeness (QED) is 0.139. The molecule has 0 aliphatic rings. The summed E-state index contributed by atoms with van der Waals surface area (Å²) in [5, 5.41) is 30.7. The summed E-state index contributed by atoms with van der Waals surface area (Å²) < 4.78 is 35.8. The molecular formula is C6H4Na2O8S2. The smallest absolute Gasteiger partial charge is 0.744 e. The molecule has 0 saturated carbocycles. The average Bonchev–Trinajstić information content (AvgIpc) is 2.17. The third-order valence-corrected chi connectivity index (χ3v) is 2.86. The normalized spacial score (nSPS) is 10.3. The third-order valence-electron chi connectivity index (χ3n) is 1.46. The number of hydrogen-bond acceptors (Lipinski definition) is 9. The Kier molecular flexibility index (Phi) is 10.6. The zero-order valence-corrected chi connectivity index (χ0v) is 14.9. The zero-order chi connectivity index (χ0) is 12.3. The van der Waals surface area contributed by atoms with Crippen LogP contribution in [0.2, 0.25) is 0 Å². The van der Waals surface area contributed by atoms with E-state index in [1.54, 1.807) is 0 Å². The van der Waals surface area contributed by atoms with E-state index in [4.69, 9.17) is 10.2 Å². The Labute approximate surface area is 151 Å². The minimum atomic E-state index is -4.95. The molecule has 1 aromatic carbocycles. The average molecular weight is 314 g/mol. The van der Waals surface area contributed by atoms with Crippen LogP contribution in [0.4, 0.5) is 0 Å². The van der Waals surface area contributed by atoms with E-state index in [0.717, 1.165) is 12.1 Å². The third kappa shape index (κ3) is 5.94. The van der Waals surface area contributed by atoms with Gasteiger partial charge >= 0.3 is 59.1 Å². The van der Waals surface area contributed by atoms with E-state index < -0.39 is 26.5 Å². The van der Waals surface area contributed by atoms with E-state index in [9.17, 15) is 18.2 Å². The van der Waals surface area contributed by atoms with Gasteiger partial charge in [-0.1, -0.05) is 0 Å². The molecule has 0 aromatic heterocycles. The SMILES string of the molecule is O=S(=O)([O-])c1cc(SOO[O-])cc(O)c1O.[Na+].[Na+]. The van der Waals surface area contributed by atoms with Crippen LogP contribution in [0.1, 0.15) is 0 Å². The minimum Gasteiger partial charge on any atom is -0.744 e. The molecule has 12 heteroatoms. The van der Waals surface area contributed by atoms with Gasteiger partial charge in [0, 0.05) is 4.90 Å². The van der Waals surface area contributed by atoms with Crippen LogP contribution < -0.4 is 64.4 Å². The van der Waals surface area contributed by atoms with Crippen molar-refractivity contribution in [3.63, 3.8) is 0 Å². The van der Waals surface area contributed by atoms with Crippen molar-refractivity contribution in [3.05, 3.63) is 12.1 Å². The molecule has 0 aliphatic heterocycles. The summed E-state index contributed by atoms with van der Waals surface area (Å²) >= 11 is 0.264. The minimum absolute atomic E-state index is 0. The second-order valence-electron chi connectivity index (χ2n) is 2.46. The van der Waals surface area contributed by atoms with Crippen LogP contribution in [0.15, 0.2) is 21.9 Å².